The van der Waals surface area contributed by atoms with Crippen LogP contribution in [0.5, 0.6) is 0 Å². The Hall–Kier alpha value is -1.63. The molecule has 1 aromatic rings. The van der Waals surface area contributed by atoms with Crippen molar-refractivity contribution in [3.63, 3.8) is 0 Å². The van der Waals surface area contributed by atoms with Crippen LogP contribution in [0, 0.1) is 5.92 Å². The van der Waals surface area contributed by atoms with E-state index in [9.17, 15) is 9.59 Å². The lowest BCUT2D eigenvalue weighted by atomic mass is 9.94. The molecule has 2 amide bonds. The Labute approximate surface area is 148 Å². The topological polar surface area (TPSA) is 68.2 Å². The molecule has 0 unspecified atom stereocenters. The Bertz CT molecular complexity index is 746. The van der Waals surface area contributed by atoms with Crippen LogP contribution in [0.4, 0.5) is 0 Å². The molecule has 0 bridgehead atoms. The second kappa shape index (κ2) is 6.02. The van der Waals surface area contributed by atoms with Crippen LogP contribution in [-0.2, 0) is 19.2 Å². The van der Waals surface area contributed by atoms with Crippen molar-refractivity contribution in [3.8, 4) is 0 Å². The van der Waals surface area contributed by atoms with E-state index in [0.717, 1.165) is 12.8 Å². The average Bonchev–Trinajstić information content (AvgIpc) is 3.24. The van der Waals surface area contributed by atoms with Gasteiger partial charge in [0.2, 0.25) is 12.0 Å². The van der Waals surface area contributed by atoms with Gasteiger partial charge >= 0.3 is 0 Å². The van der Waals surface area contributed by atoms with Gasteiger partial charge in [0.05, 0.1) is 17.7 Å². The van der Waals surface area contributed by atoms with Crippen LogP contribution in [0.1, 0.15) is 18.4 Å². The molecule has 3 aliphatic rings. The van der Waals surface area contributed by atoms with E-state index in [1.807, 2.05) is 0 Å². The highest BCUT2D eigenvalue weighted by atomic mass is 35.5. The van der Waals surface area contributed by atoms with Gasteiger partial charge < -0.3 is 9.57 Å². The molecule has 24 heavy (non-hydrogen) atoms. The van der Waals surface area contributed by atoms with E-state index in [4.69, 9.17) is 32.8 Å². The lowest BCUT2D eigenvalue weighted by Crippen LogP contribution is -2.39. The summed E-state index contributed by atoms with van der Waals surface area (Å²) < 4.78 is 5.52. The minimum absolute atomic E-state index is 0.101. The van der Waals surface area contributed by atoms with Gasteiger partial charge in [-0.05, 0) is 25.0 Å². The molecule has 4 rings (SSSR count). The van der Waals surface area contributed by atoms with E-state index in [0.29, 0.717) is 27.9 Å². The highest BCUT2D eigenvalue weighted by molar-refractivity contribution is 6.38. The number of halogens is 2. The SMILES string of the molecule is O=C1[C@H]2C(c3ccc(Cl)cc3Cl)=NO[C@@H]2C(=O)N1C[C@@H]1CCCO1. The number of carbonyl (C=O) groups is 2. The third-order valence-electron chi connectivity index (χ3n) is 4.52. The molecule has 3 heterocycles. The Morgan fingerprint density at radius 3 is 2.79 bits per heavy atom. The zero-order chi connectivity index (χ0) is 16.8. The standard InChI is InChI=1S/C16H14Cl2N2O4/c17-8-3-4-10(11(18)6-8)13-12-14(24-19-13)16(22)20(15(12)21)7-9-2-1-5-23-9/h3-4,6,9,12,14H,1-2,5,7H2/t9-,12-,14-/m0/s1. The van der Waals surface area contributed by atoms with E-state index < -0.39 is 12.0 Å². The van der Waals surface area contributed by atoms with Crippen LogP contribution >= 0.6 is 23.2 Å². The second-order valence-corrected chi connectivity index (χ2v) is 6.87. The number of hydrogen-bond acceptors (Lipinski definition) is 5. The zero-order valence-electron chi connectivity index (χ0n) is 12.6. The Morgan fingerprint density at radius 2 is 2.08 bits per heavy atom. The maximum atomic E-state index is 12.8. The van der Waals surface area contributed by atoms with Gasteiger partial charge in [-0.2, -0.15) is 0 Å². The fraction of sp³-hybridized carbons (Fsp3) is 0.438. The third kappa shape index (κ3) is 2.49. The van der Waals surface area contributed by atoms with Crippen molar-refractivity contribution in [1.29, 1.82) is 0 Å². The smallest absolute Gasteiger partial charge is 0.274 e. The van der Waals surface area contributed by atoms with Crippen molar-refractivity contribution >= 4 is 40.7 Å². The summed E-state index contributed by atoms with van der Waals surface area (Å²) in [5, 5.41) is 4.78. The van der Waals surface area contributed by atoms with Gasteiger partial charge in [0, 0.05) is 17.2 Å². The summed E-state index contributed by atoms with van der Waals surface area (Å²) in [7, 11) is 0. The van der Waals surface area contributed by atoms with Crippen LogP contribution in [0.2, 0.25) is 10.0 Å². The molecule has 2 saturated heterocycles. The van der Waals surface area contributed by atoms with Crippen molar-refractivity contribution in [2.24, 2.45) is 11.1 Å². The first-order valence-electron chi connectivity index (χ1n) is 7.72. The summed E-state index contributed by atoms with van der Waals surface area (Å²) >= 11 is 12.1. The Kier molecular flexibility index (Phi) is 3.98. The molecule has 0 aliphatic carbocycles. The van der Waals surface area contributed by atoms with Crippen molar-refractivity contribution in [2.75, 3.05) is 13.2 Å². The second-order valence-electron chi connectivity index (χ2n) is 6.03. The summed E-state index contributed by atoms with van der Waals surface area (Å²) in [6.45, 7) is 0.924. The van der Waals surface area contributed by atoms with Crippen molar-refractivity contribution in [2.45, 2.75) is 25.0 Å². The van der Waals surface area contributed by atoms with Crippen LogP contribution < -0.4 is 0 Å². The fourth-order valence-corrected chi connectivity index (χ4v) is 3.83. The highest BCUT2D eigenvalue weighted by Gasteiger charge is 2.56. The third-order valence-corrected chi connectivity index (χ3v) is 5.07. The number of carbonyl (C=O) groups excluding carboxylic acids is 2. The maximum absolute atomic E-state index is 12.8. The number of amides is 2. The highest BCUT2D eigenvalue weighted by Crippen LogP contribution is 2.35. The molecule has 6 nitrogen and oxygen atoms in total. The van der Waals surface area contributed by atoms with Gasteiger partial charge in [-0.1, -0.05) is 34.4 Å². The lowest BCUT2D eigenvalue weighted by molar-refractivity contribution is -0.143. The van der Waals surface area contributed by atoms with Crippen LogP contribution in [0.15, 0.2) is 23.4 Å². The van der Waals surface area contributed by atoms with E-state index in [1.165, 1.54) is 4.90 Å². The molecule has 0 saturated carbocycles. The number of benzene rings is 1. The Balaban J connectivity index is 1.60. The summed E-state index contributed by atoms with van der Waals surface area (Å²) in [5.74, 6) is -1.45. The minimum atomic E-state index is -0.916. The quantitative estimate of drug-likeness (QED) is 0.767. The first-order chi connectivity index (χ1) is 11.6. The predicted molar refractivity (Wildman–Crippen MR) is 87.1 cm³/mol. The maximum Gasteiger partial charge on any atom is 0.274 e. The molecule has 2 fully saturated rings. The molecule has 0 N–H and O–H groups in total. The van der Waals surface area contributed by atoms with E-state index >= 15 is 0 Å². The van der Waals surface area contributed by atoms with E-state index in [2.05, 4.69) is 5.16 Å². The number of oxime groups is 1. The van der Waals surface area contributed by atoms with Crippen molar-refractivity contribution < 1.29 is 19.2 Å². The molecule has 126 valence electrons. The lowest BCUT2D eigenvalue weighted by Gasteiger charge is -2.19. The molecular formula is C16H14Cl2N2O4. The molecule has 0 spiro atoms. The predicted octanol–water partition coefficient (Wildman–Crippen LogP) is 2.26. The largest absolute Gasteiger partial charge is 0.381 e. The van der Waals surface area contributed by atoms with Gasteiger partial charge in [0.25, 0.3) is 5.91 Å². The van der Waals surface area contributed by atoms with Gasteiger partial charge in [-0.25, -0.2) is 0 Å². The first-order valence-corrected chi connectivity index (χ1v) is 8.48. The van der Waals surface area contributed by atoms with Crippen molar-refractivity contribution in [3.05, 3.63) is 33.8 Å². The normalized spacial score (nSPS) is 29.0. The zero-order valence-corrected chi connectivity index (χ0v) is 14.1. The van der Waals surface area contributed by atoms with E-state index in [-0.39, 0.29) is 24.5 Å². The number of hydrogen-bond donors (Lipinski definition) is 0. The molecular weight excluding hydrogens is 355 g/mol. The number of ether oxygens (including phenoxy) is 1. The Morgan fingerprint density at radius 1 is 1.25 bits per heavy atom. The van der Waals surface area contributed by atoms with Crippen molar-refractivity contribution in [1.82, 2.24) is 4.90 Å². The number of likely N-dealkylation sites (tertiary alicyclic amines) is 1. The summed E-state index contributed by atoms with van der Waals surface area (Å²) in [6, 6.07) is 4.90. The fourth-order valence-electron chi connectivity index (χ4n) is 3.32. The van der Waals surface area contributed by atoms with Crippen LogP contribution in [-0.4, -0.2) is 47.8 Å². The first kappa shape index (κ1) is 15.9. The molecule has 3 atom stereocenters. The summed E-state index contributed by atoms with van der Waals surface area (Å²) in [5.41, 5.74) is 0.920. The van der Waals surface area contributed by atoms with E-state index in [1.54, 1.807) is 18.2 Å². The molecule has 3 aliphatic heterocycles. The van der Waals surface area contributed by atoms with Gasteiger partial charge in [0.1, 0.15) is 11.6 Å². The molecule has 0 aromatic heterocycles. The number of fused-ring (bicyclic) bond motifs is 1. The monoisotopic (exact) mass is 368 g/mol. The number of nitrogens with zero attached hydrogens (tertiary/aromatic N) is 2. The molecule has 1 aromatic carbocycles. The molecule has 8 heteroatoms. The summed E-state index contributed by atoms with van der Waals surface area (Å²) in [4.78, 5) is 31.7. The van der Waals surface area contributed by atoms with Gasteiger partial charge in [-0.15, -0.1) is 0 Å². The van der Waals surface area contributed by atoms with Gasteiger partial charge in [-0.3, -0.25) is 14.5 Å². The minimum Gasteiger partial charge on any atom is -0.381 e. The van der Waals surface area contributed by atoms with Gasteiger partial charge in [0.15, 0.2) is 0 Å². The summed E-state index contributed by atoms with van der Waals surface area (Å²) in [6.07, 6.45) is 0.769. The number of rotatable bonds is 3. The molecule has 0 radical (unpaired) electrons. The average molecular weight is 369 g/mol. The number of imide groups is 1. The van der Waals surface area contributed by atoms with Crippen LogP contribution in [0.25, 0.3) is 0 Å². The van der Waals surface area contributed by atoms with Crippen LogP contribution in [0.3, 0.4) is 0 Å².